The molecular formula is C21H23N3O3. The van der Waals surface area contributed by atoms with E-state index in [1.54, 1.807) is 6.33 Å². The van der Waals surface area contributed by atoms with E-state index >= 15 is 0 Å². The number of imidazole rings is 1. The third-order valence-electron chi connectivity index (χ3n) is 4.80. The average Bonchev–Trinajstić information content (AvgIpc) is 3.11. The molecule has 0 unspecified atom stereocenters. The Balaban J connectivity index is 1.36. The quantitative estimate of drug-likeness (QED) is 0.729. The van der Waals surface area contributed by atoms with Gasteiger partial charge in [0.25, 0.3) is 0 Å². The number of hydrogen-bond acceptors (Lipinski definition) is 4. The fourth-order valence-electron chi connectivity index (χ4n) is 3.36. The Morgan fingerprint density at radius 3 is 2.89 bits per heavy atom. The molecule has 0 bridgehead atoms. The van der Waals surface area contributed by atoms with E-state index in [4.69, 9.17) is 9.47 Å². The van der Waals surface area contributed by atoms with Gasteiger partial charge in [0, 0.05) is 6.61 Å². The van der Waals surface area contributed by atoms with Gasteiger partial charge >= 0.3 is 0 Å². The standard InChI is InChI=1S/C21H23N3O3/c25-21(12-24-15-22-17-8-4-5-9-19(17)24)23-18-10-11-26-14-20(18)27-13-16-6-2-1-3-7-16/h1-9,15,18,20H,10-14H2,(H,23,25)/t18-,20-/m1/s1. The molecule has 1 aliphatic rings. The maximum Gasteiger partial charge on any atom is 0.240 e. The molecule has 1 saturated heterocycles. The van der Waals surface area contributed by atoms with Gasteiger partial charge in [-0.2, -0.15) is 0 Å². The van der Waals surface area contributed by atoms with E-state index in [9.17, 15) is 4.79 Å². The van der Waals surface area contributed by atoms with Crippen LogP contribution in [0.4, 0.5) is 0 Å². The smallest absolute Gasteiger partial charge is 0.240 e. The highest BCUT2D eigenvalue weighted by Gasteiger charge is 2.28. The van der Waals surface area contributed by atoms with Crippen molar-refractivity contribution in [2.45, 2.75) is 31.7 Å². The number of ether oxygens (including phenoxy) is 2. The summed E-state index contributed by atoms with van der Waals surface area (Å²) in [4.78, 5) is 16.9. The van der Waals surface area contributed by atoms with Gasteiger partial charge in [0.1, 0.15) is 12.6 Å². The Hall–Kier alpha value is -2.70. The van der Waals surface area contributed by atoms with Crippen LogP contribution in [0.2, 0.25) is 0 Å². The van der Waals surface area contributed by atoms with E-state index < -0.39 is 0 Å². The number of para-hydroxylation sites is 2. The van der Waals surface area contributed by atoms with Crippen molar-refractivity contribution >= 4 is 16.9 Å². The first-order valence-electron chi connectivity index (χ1n) is 9.22. The summed E-state index contributed by atoms with van der Waals surface area (Å²) in [6.07, 6.45) is 2.30. The third-order valence-corrected chi connectivity index (χ3v) is 4.80. The number of hydrogen-bond donors (Lipinski definition) is 1. The molecule has 0 radical (unpaired) electrons. The van der Waals surface area contributed by atoms with Gasteiger partial charge in [0.2, 0.25) is 5.91 Å². The van der Waals surface area contributed by atoms with Crippen LogP contribution in [0.3, 0.4) is 0 Å². The Labute approximate surface area is 158 Å². The van der Waals surface area contributed by atoms with E-state index in [-0.39, 0.29) is 24.6 Å². The summed E-state index contributed by atoms with van der Waals surface area (Å²) in [5.41, 5.74) is 2.95. The molecule has 27 heavy (non-hydrogen) atoms. The van der Waals surface area contributed by atoms with Crippen LogP contribution in [0.25, 0.3) is 11.0 Å². The van der Waals surface area contributed by atoms with E-state index in [1.165, 1.54) is 0 Å². The van der Waals surface area contributed by atoms with Crippen LogP contribution >= 0.6 is 0 Å². The van der Waals surface area contributed by atoms with Crippen molar-refractivity contribution in [1.29, 1.82) is 0 Å². The number of benzene rings is 2. The van der Waals surface area contributed by atoms with Crippen LogP contribution < -0.4 is 5.32 Å². The molecule has 3 aromatic rings. The summed E-state index contributed by atoms with van der Waals surface area (Å²) in [7, 11) is 0. The molecule has 1 fully saturated rings. The van der Waals surface area contributed by atoms with Gasteiger partial charge in [0.15, 0.2) is 0 Å². The molecule has 140 valence electrons. The van der Waals surface area contributed by atoms with E-state index in [1.807, 2.05) is 59.2 Å². The van der Waals surface area contributed by atoms with Crippen molar-refractivity contribution < 1.29 is 14.3 Å². The van der Waals surface area contributed by atoms with Crippen molar-refractivity contribution in [2.75, 3.05) is 13.2 Å². The lowest BCUT2D eigenvalue weighted by Gasteiger charge is -2.32. The number of amides is 1. The van der Waals surface area contributed by atoms with Gasteiger partial charge in [0.05, 0.1) is 36.6 Å². The number of carbonyl (C=O) groups excluding carboxylic acids is 1. The first-order chi connectivity index (χ1) is 13.3. The highest BCUT2D eigenvalue weighted by atomic mass is 16.5. The molecule has 4 rings (SSSR count). The first kappa shape index (κ1) is 17.7. The second kappa shape index (κ2) is 8.33. The summed E-state index contributed by atoms with van der Waals surface area (Å²) >= 11 is 0. The summed E-state index contributed by atoms with van der Waals surface area (Å²) < 4.78 is 13.4. The summed E-state index contributed by atoms with van der Waals surface area (Å²) in [6.45, 7) is 1.87. The highest BCUT2D eigenvalue weighted by molar-refractivity contribution is 5.80. The van der Waals surface area contributed by atoms with Crippen molar-refractivity contribution in [3.8, 4) is 0 Å². The van der Waals surface area contributed by atoms with Crippen LogP contribution in [0.1, 0.15) is 12.0 Å². The molecule has 0 aliphatic carbocycles. The fourth-order valence-corrected chi connectivity index (χ4v) is 3.36. The molecule has 2 aromatic carbocycles. The number of aromatic nitrogens is 2. The molecule has 2 heterocycles. The lowest BCUT2D eigenvalue weighted by Crippen LogP contribution is -2.50. The monoisotopic (exact) mass is 365 g/mol. The largest absolute Gasteiger partial charge is 0.379 e. The van der Waals surface area contributed by atoms with Crippen LogP contribution in [0, 0.1) is 0 Å². The van der Waals surface area contributed by atoms with Gasteiger partial charge < -0.3 is 19.4 Å². The predicted octanol–water partition coefficient (Wildman–Crippen LogP) is 2.53. The van der Waals surface area contributed by atoms with Gasteiger partial charge in [-0.05, 0) is 24.1 Å². The number of rotatable bonds is 6. The maximum absolute atomic E-state index is 12.6. The van der Waals surface area contributed by atoms with Crippen LogP contribution in [0.15, 0.2) is 60.9 Å². The van der Waals surface area contributed by atoms with E-state index in [0.29, 0.717) is 19.8 Å². The summed E-state index contributed by atoms with van der Waals surface area (Å²) in [5.74, 6) is -0.0432. The average molecular weight is 365 g/mol. The van der Waals surface area contributed by atoms with Crippen LogP contribution in [-0.4, -0.2) is 40.8 Å². The van der Waals surface area contributed by atoms with Gasteiger partial charge in [-0.3, -0.25) is 4.79 Å². The van der Waals surface area contributed by atoms with Crippen molar-refractivity contribution in [2.24, 2.45) is 0 Å². The second-order valence-corrected chi connectivity index (χ2v) is 6.73. The minimum absolute atomic E-state index is 0.0432. The third kappa shape index (κ3) is 4.35. The van der Waals surface area contributed by atoms with Crippen molar-refractivity contribution in [1.82, 2.24) is 14.9 Å². The van der Waals surface area contributed by atoms with Crippen LogP contribution in [0.5, 0.6) is 0 Å². The minimum Gasteiger partial charge on any atom is -0.379 e. The number of nitrogens with zero attached hydrogens (tertiary/aromatic N) is 2. The lowest BCUT2D eigenvalue weighted by atomic mass is 10.1. The van der Waals surface area contributed by atoms with E-state index in [2.05, 4.69) is 10.3 Å². The minimum atomic E-state index is -0.151. The molecular weight excluding hydrogens is 342 g/mol. The summed E-state index contributed by atoms with van der Waals surface area (Å²) in [6, 6.07) is 17.8. The zero-order valence-electron chi connectivity index (χ0n) is 15.1. The zero-order valence-corrected chi connectivity index (χ0v) is 15.1. The Morgan fingerprint density at radius 2 is 2.00 bits per heavy atom. The van der Waals surface area contributed by atoms with Gasteiger partial charge in [-0.15, -0.1) is 0 Å². The molecule has 1 aliphatic heterocycles. The molecule has 1 N–H and O–H groups in total. The Bertz CT molecular complexity index is 894. The Morgan fingerprint density at radius 1 is 1.19 bits per heavy atom. The lowest BCUT2D eigenvalue weighted by molar-refractivity contribution is -0.127. The first-order valence-corrected chi connectivity index (χ1v) is 9.22. The van der Waals surface area contributed by atoms with Gasteiger partial charge in [-0.1, -0.05) is 42.5 Å². The number of fused-ring (bicyclic) bond motifs is 1. The molecule has 0 saturated carbocycles. The van der Waals surface area contributed by atoms with Crippen LogP contribution in [-0.2, 0) is 27.4 Å². The Kier molecular flexibility index (Phi) is 5.46. The van der Waals surface area contributed by atoms with Gasteiger partial charge in [-0.25, -0.2) is 4.98 Å². The topological polar surface area (TPSA) is 65.4 Å². The fraction of sp³-hybridized carbons (Fsp3) is 0.333. The normalized spacial score (nSPS) is 19.9. The maximum atomic E-state index is 12.6. The molecule has 6 heteroatoms. The molecule has 2 atom stereocenters. The predicted molar refractivity (Wildman–Crippen MR) is 102 cm³/mol. The second-order valence-electron chi connectivity index (χ2n) is 6.73. The van der Waals surface area contributed by atoms with E-state index in [0.717, 1.165) is 23.0 Å². The summed E-state index contributed by atoms with van der Waals surface area (Å²) in [5, 5.41) is 3.12. The molecule has 1 aromatic heterocycles. The SMILES string of the molecule is O=C(Cn1cnc2ccccc21)N[C@@H]1CCOC[C@H]1OCc1ccccc1. The van der Waals surface area contributed by atoms with Crippen molar-refractivity contribution in [3.63, 3.8) is 0 Å². The molecule has 0 spiro atoms. The highest BCUT2D eigenvalue weighted by Crippen LogP contribution is 2.15. The molecule has 6 nitrogen and oxygen atoms in total. The molecule has 1 amide bonds. The zero-order chi connectivity index (χ0) is 18.5. The number of carbonyl (C=O) groups is 1. The number of nitrogens with one attached hydrogen (secondary N) is 1. The van der Waals surface area contributed by atoms with Crippen molar-refractivity contribution in [3.05, 3.63) is 66.5 Å².